The van der Waals surface area contributed by atoms with E-state index in [2.05, 4.69) is 5.32 Å². The third-order valence-corrected chi connectivity index (χ3v) is 4.78. The predicted molar refractivity (Wildman–Crippen MR) is 91.1 cm³/mol. The minimum absolute atomic E-state index is 0.112. The summed E-state index contributed by atoms with van der Waals surface area (Å²) in [7, 11) is 0. The van der Waals surface area contributed by atoms with Crippen LogP contribution in [0.1, 0.15) is 0 Å². The van der Waals surface area contributed by atoms with Gasteiger partial charge in [-0.15, -0.1) is 11.8 Å². The highest BCUT2D eigenvalue weighted by Crippen LogP contribution is 2.27. The predicted octanol–water partition coefficient (Wildman–Crippen LogP) is 1.63. The van der Waals surface area contributed by atoms with Crippen molar-refractivity contribution in [2.75, 3.05) is 16.8 Å². The summed E-state index contributed by atoms with van der Waals surface area (Å²) in [6.45, 7) is 0. The van der Waals surface area contributed by atoms with E-state index in [1.54, 1.807) is 36.4 Å². The molecule has 23 heavy (non-hydrogen) atoms. The van der Waals surface area contributed by atoms with Crippen LogP contribution in [-0.2, 0) is 9.59 Å². The second kappa shape index (κ2) is 8.44. The van der Waals surface area contributed by atoms with Crippen LogP contribution in [0.15, 0.2) is 58.6 Å². The van der Waals surface area contributed by atoms with Crippen LogP contribution in [0.2, 0.25) is 0 Å². The van der Waals surface area contributed by atoms with Crippen LogP contribution in [0, 0.1) is 5.21 Å². The number of thioether (sulfide) groups is 2. The molecule has 120 valence electrons. The Morgan fingerprint density at radius 2 is 1.83 bits per heavy atom. The van der Waals surface area contributed by atoms with Crippen molar-refractivity contribution in [2.24, 2.45) is 5.73 Å². The normalized spacial score (nSPS) is 10.3. The van der Waals surface area contributed by atoms with Gasteiger partial charge in [-0.2, -0.15) is 4.73 Å². The molecule has 0 aliphatic heterocycles. The number of hydrogen-bond donors (Lipinski definition) is 2. The maximum Gasteiger partial charge on any atom is 0.251 e. The lowest BCUT2D eigenvalue weighted by Crippen LogP contribution is -2.28. The molecule has 0 aliphatic rings. The number of nitrogens with two attached hydrogens (primary N) is 1. The molecule has 8 heteroatoms. The molecule has 0 radical (unpaired) electrons. The van der Waals surface area contributed by atoms with Gasteiger partial charge in [0.25, 0.3) is 5.03 Å². The smallest absolute Gasteiger partial charge is 0.251 e. The number of amides is 2. The van der Waals surface area contributed by atoms with E-state index in [9.17, 15) is 14.8 Å². The zero-order chi connectivity index (χ0) is 16.7. The van der Waals surface area contributed by atoms with Gasteiger partial charge in [0.2, 0.25) is 11.8 Å². The summed E-state index contributed by atoms with van der Waals surface area (Å²) in [4.78, 5) is 23.7. The number of nitrogens with zero attached hydrogens (tertiary/aromatic N) is 1. The molecular formula is C15H15N3O3S2. The van der Waals surface area contributed by atoms with Crippen molar-refractivity contribution in [1.29, 1.82) is 0 Å². The van der Waals surface area contributed by atoms with Crippen molar-refractivity contribution >= 4 is 41.0 Å². The number of carbonyl (C=O) groups excluding carboxylic acids is 2. The molecule has 0 bridgehead atoms. The number of benzene rings is 1. The Balaban J connectivity index is 1.95. The average Bonchev–Trinajstić information content (AvgIpc) is 2.53. The van der Waals surface area contributed by atoms with Crippen molar-refractivity contribution in [2.45, 2.75) is 9.92 Å². The van der Waals surface area contributed by atoms with E-state index >= 15 is 0 Å². The molecule has 2 rings (SSSR count). The highest BCUT2D eigenvalue weighted by atomic mass is 32.2. The Labute approximate surface area is 142 Å². The highest BCUT2D eigenvalue weighted by Gasteiger charge is 2.11. The molecule has 0 saturated heterocycles. The lowest BCUT2D eigenvalue weighted by Gasteiger charge is -2.10. The molecule has 0 saturated carbocycles. The first-order valence-electron chi connectivity index (χ1n) is 6.67. The number of pyridine rings is 1. The van der Waals surface area contributed by atoms with Crippen LogP contribution >= 0.6 is 23.5 Å². The number of carbonyl (C=O) groups is 2. The lowest BCUT2D eigenvalue weighted by molar-refractivity contribution is -0.645. The topological polar surface area (TPSA) is 99.1 Å². The van der Waals surface area contributed by atoms with Crippen molar-refractivity contribution in [3.8, 4) is 0 Å². The molecule has 2 aromatic rings. The number of nitrogens with one attached hydrogen (secondary N) is 1. The maximum atomic E-state index is 12.0. The summed E-state index contributed by atoms with van der Waals surface area (Å²) >= 11 is 2.42. The van der Waals surface area contributed by atoms with Gasteiger partial charge in [-0.05, 0) is 30.0 Å². The van der Waals surface area contributed by atoms with Crippen molar-refractivity contribution in [1.82, 2.24) is 0 Å². The minimum atomic E-state index is -0.421. The second-order valence-corrected chi connectivity index (χ2v) is 6.47. The zero-order valence-corrected chi connectivity index (χ0v) is 13.7. The van der Waals surface area contributed by atoms with Crippen LogP contribution in [0.5, 0.6) is 0 Å². The van der Waals surface area contributed by atoms with Gasteiger partial charge in [-0.25, -0.2) is 0 Å². The molecular weight excluding hydrogens is 334 g/mol. The SMILES string of the molecule is NC(=O)CSc1ccccc1NC(=O)CSc1cccc[n+]1[O-]. The first-order valence-corrected chi connectivity index (χ1v) is 8.64. The van der Waals surface area contributed by atoms with E-state index in [4.69, 9.17) is 5.73 Å². The fourth-order valence-electron chi connectivity index (χ4n) is 1.69. The summed E-state index contributed by atoms with van der Waals surface area (Å²) in [5.74, 6) is -0.398. The van der Waals surface area contributed by atoms with Crippen LogP contribution in [0.25, 0.3) is 0 Å². The molecule has 3 N–H and O–H groups in total. The second-order valence-electron chi connectivity index (χ2n) is 4.45. The summed E-state index contributed by atoms with van der Waals surface area (Å²) < 4.78 is 0.717. The first-order chi connectivity index (χ1) is 11.1. The average molecular weight is 349 g/mol. The fourth-order valence-corrected chi connectivity index (χ4v) is 3.16. The quantitative estimate of drug-likeness (QED) is 0.450. The Morgan fingerprint density at radius 1 is 1.09 bits per heavy atom. The van der Waals surface area contributed by atoms with Gasteiger partial charge in [0, 0.05) is 17.0 Å². The summed E-state index contributed by atoms with van der Waals surface area (Å²) in [5, 5.41) is 14.7. The van der Waals surface area contributed by atoms with E-state index in [0.29, 0.717) is 15.4 Å². The van der Waals surface area contributed by atoms with Gasteiger partial charge in [0.05, 0.1) is 17.2 Å². The Bertz CT molecular complexity index is 710. The zero-order valence-electron chi connectivity index (χ0n) is 12.1. The molecule has 6 nitrogen and oxygen atoms in total. The van der Waals surface area contributed by atoms with Gasteiger partial charge in [0.1, 0.15) is 0 Å². The van der Waals surface area contributed by atoms with E-state index in [1.807, 2.05) is 6.07 Å². The van der Waals surface area contributed by atoms with E-state index in [-0.39, 0.29) is 17.4 Å². The van der Waals surface area contributed by atoms with Gasteiger partial charge in [-0.1, -0.05) is 12.1 Å². The minimum Gasteiger partial charge on any atom is -0.618 e. The van der Waals surface area contributed by atoms with Gasteiger partial charge < -0.3 is 16.3 Å². The number of aromatic nitrogens is 1. The van der Waals surface area contributed by atoms with Crippen LogP contribution < -0.4 is 15.8 Å². The van der Waals surface area contributed by atoms with Crippen molar-refractivity contribution < 1.29 is 14.3 Å². The maximum absolute atomic E-state index is 12.0. The first kappa shape index (κ1) is 17.2. The molecule has 1 aromatic carbocycles. The van der Waals surface area contributed by atoms with E-state index in [1.165, 1.54) is 18.0 Å². The number of anilines is 1. The summed E-state index contributed by atoms with van der Waals surface area (Å²) in [6, 6.07) is 12.2. The molecule has 1 heterocycles. The van der Waals surface area contributed by atoms with Crippen molar-refractivity contribution in [3.05, 3.63) is 53.9 Å². The Kier molecular flexibility index (Phi) is 6.30. The Hall–Kier alpha value is -2.19. The third-order valence-electron chi connectivity index (χ3n) is 2.67. The molecule has 0 unspecified atom stereocenters. The van der Waals surface area contributed by atoms with Gasteiger partial charge in [-0.3, -0.25) is 9.59 Å². The molecule has 1 aromatic heterocycles. The third kappa shape index (κ3) is 5.50. The summed E-state index contributed by atoms with van der Waals surface area (Å²) in [6.07, 6.45) is 1.38. The molecule has 2 amide bonds. The number of para-hydroxylation sites is 1. The monoisotopic (exact) mass is 349 g/mol. The van der Waals surface area contributed by atoms with Crippen molar-refractivity contribution in [3.63, 3.8) is 0 Å². The number of primary amides is 1. The highest BCUT2D eigenvalue weighted by molar-refractivity contribution is 8.00. The standard InChI is InChI=1S/C15H15N3O3S2/c16-13(19)9-22-12-6-2-1-5-11(12)17-14(20)10-23-15-7-3-4-8-18(15)21/h1-8H,9-10H2,(H2,16,19)(H,17,20). The van der Waals surface area contributed by atoms with Crippen LogP contribution in [0.3, 0.4) is 0 Å². The molecule has 0 atom stereocenters. The van der Waals surface area contributed by atoms with Gasteiger partial charge in [0.15, 0.2) is 6.20 Å². The van der Waals surface area contributed by atoms with Crippen LogP contribution in [-0.4, -0.2) is 23.3 Å². The van der Waals surface area contributed by atoms with E-state index < -0.39 is 5.91 Å². The summed E-state index contributed by atoms with van der Waals surface area (Å²) in [5.41, 5.74) is 5.75. The molecule has 0 fully saturated rings. The van der Waals surface area contributed by atoms with Crippen LogP contribution in [0.4, 0.5) is 5.69 Å². The molecule has 0 spiro atoms. The molecule has 0 aliphatic carbocycles. The van der Waals surface area contributed by atoms with Gasteiger partial charge >= 0.3 is 0 Å². The number of hydrogen-bond acceptors (Lipinski definition) is 5. The number of rotatable bonds is 7. The largest absolute Gasteiger partial charge is 0.618 e. The van der Waals surface area contributed by atoms with E-state index in [0.717, 1.165) is 16.7 Å². The lowest BCUT2D eigenvalue weighted by atomic mass is 10.3. The fraction of sp³-hybridized carbons (Fsp3) is 0.133. The Morgan fingerprint density at radius 3 is 2.57 bits per heavy atom.